The first-order valence-electron chi connectivity index (χ1n) is 6.08. The summed E-state index contributed by atoms with van der Waals surface area (Å²) in [7, 11) is 1.62. The Bertz CT molecular complexity index is 548. The second-order valence-electron chi connectivity index (χ2n) is 3.96. The van der Waals surface area contributed by atoms with E-state index in [2.05, 4.69) is 17.0 Å². The molecule has 0 radical (unpaired) electrons. The summed E-state index contributed by atoms with van der Waals surface area (Å²) >= 11 is 0. The number of anilines is 1. The molecule has 2 heterocycles. The maximum atomic E-state index is 6.10. The van der Waals surface area contributed by atoms with Gasteiger partial charge in [0.2, 0.25) is 0 Å². The van der Waals surface area contributed by atoms with Crippen molar-refractivity contribution in [2.24, 2.45) is 0 Å². The van der Waals surface area contributed by atoms with E-state index in [1.807, 2.05) is 19.1 Å². The Morgan fingerprint density at radius 1 is 1.33 bits per heavy atom. The highest BCUT2D eigenvalue weighted by Gasteiger charge is 2.17. The van der Waals surface area contributed by atoms with Crippen molar-refractivity contribution in [2.45, 2.75) is 26.7 Å². The quantitative estimate of drug-likeness (QED) is 0.895. The van der Waals surface area contributed by atoms with Crippen LogP contribution in [0, 0.1) is 0 Å². The Hall–Kier alpha value is -2.04. The molecule has 2 N–H and O–H groups in total. The number of rotatable bonds is 4. The zero-order chi connectivity index (χ0) is 13.1. The Morgan fingerprint density at radius 2 is 2.11 bits per heavy atom. The number of aromatic nitrogens is 3. The topological polar surface area (TPSA) is 66.0 Å². The monoisotopic (exact) mass is 246 g/mol. The molecule has 0 aromatic carbocycles. The lowest BCUT2D eigenvalue weighted by Gasteiger charge is -2.09. The number of ether oxygens (including phenoxy) is 1. The van der Waals surface area contributed by atoms with E-state index in [0.29, 0.717) is 11.6 Å². The molecule has 2 rings (SSSR count). The molecule has 0 aliphatic heterocycles. The van der Waals surface area contributed by atoms with Gasteiger partial charge in [-0.1, -0.05) is 13.8 Å². The second-order valence-corrected chi connectivity index (χ2v) is 3.96. The summed E-state index contributed by atoms with van der Waals surface area (Å²) in [5.74, 6) is 1.38. The van der Waals surface area contributed by atoms with Crippen molar-refractivity contribution in [3.05, 3.63) is 29.7 Å². The summed E-state index contributed by atoms with van der Waals surface area (Å²) in [5.41, 5.74) is 8.74. The number of pyridine rings is 1. The number of methoxy groups -OCH3 is 1. The maximum absolute atomic E-state index is 6.10. The van der Waals surface area contributed by atoms with Gasteiger partial charge in [0.15, 0.2) is 11.6 Å². The molecule has 0 unspecified atom stereocenters. The summed E-state index contributed by atoms with van der Waals surface area (Å²) in [6.45, 7) is 4.09. The number of hydrogen-bond acceptors (Lipinski definition) is 4. The number of aryl methyl sites for hydroxylation is 1. The number of nitrogen functional groups attached to an aromatic ring is 1. The molecule has 5 heteroatoms. The molecule has 5 nitrogen and oxygen atoms in total. The van der Waals surface area contributed by atoms with Crippen molar-refractivity contribution < 1.29 is 4.74 Å². The summed E-state index contributed by atoms with van der Waals surface area (Å²) in [5, 5.41) is 4.53. The van der Waals surface area contributed by atoms with Crippen molar-refractivity contribution in [2.75, 3.05) is 12.8 Å². The van der Waals surface area contributed by atoms with E-state index in [1.165, 1.54) is 0 Å². The predicted octanol–water partition coefficient (Wildman–Crippen LogP) is 1.98. The van der Waals surface area contributed by atoms with Gasteiger partial charge in [-0.2, -0.15) is 5.10 Å². The minimum absolute atomic E-state index is 0.684. The Morgan fingerprint density at radius 3 is 2.72 bits per heavy atom. The van der Waals surface area contributed by atoms with Crippen LogP contribution in [0.4, 0.5) is 5.69 Å². The third kappa shape index (κ3) is 1.92. The van der Waals surface area contributed by atoms with Crippen LogP contribution in [0.1, 0.15) is 25.2 Å². The lowest BCUT2D eigenvalue weighted by atomic mass is 10.2. The lowest BCUT2D eigenvalue weighted by molar-refractivity contribution is 0.408. The average molecular weight is 246 g/mol. The van der Waals surface area contributed by atoms with Gasteiger partial charge in [0, 0.05) is 6.20 Å². The van der Waals surface area contributed by atoms with E-state index in [1.54, 1.807) is 18.0 Å². The predicted molar refractivity (Wildman–Crippen MR) is 71.1 cm³/mol. The molecular formula is C13H18N4O. The summed E-state index contributed by atoms with van der Waals surface area (Å²) in [6, 6.07) is 3.70. The first-order valence-corrected chi connectivity index (χ1v) is 6.08. The normalized spacial score (nSPS) is 10.6. The highest BCUT2D eigenvalue weighted by molar-refractivity contribution is 5.53. The van der Waals surface area contributed by atoms with Crippen LogP contribution in [0.2, 0.25) is 0 Å². The van der Waals surface area contributed by atoms with Gasteiger partial charge in [0.05, 0.1) is 24.2 Å². The van der Waals surface area contributed by atoms with Gasteiger partial charge in [0.1, 0.15) is 0 Å². The van der Waals surface area contributed by atoms with Crippen molar-refractivity contribution in [3.8, 4) is 11.6 Å². The lowest BCUT2D eigenvalue weighted by Crippen LogP contribution is -2.06. The van der Waals surface area contributed by atoms with E-state index in [0.717, 1.165) is 29.9 Å². The van der Waals surface area contributed by atoms with Gasteiger partial charge < -0.3 is 10.5 Å². The van der Waals surface area contributed by atoms with Gasteiger partial charge >= 0.3 is 0 Å². The number of hydrogen-bond donors (Lipinski definition) is 1. The first kappa shape index (κ1) is 12.4. The molecule has 2 aromatic heterocycles. The molecule has 0 saturated heterocycles. The molecular weight excluding hydrogens is 228 g/mol. The zero-order valence-electron chi connectivity index (χ0n) is 11.0. The van der Waals surface area contributed by atoms with E-state index in [-0.39, 0.29) is 0 Å². The van der Waals surface area contributed by atoms with Gasteiger partial charge in [-0.3, -0.25) is 0 Å². The standard InChI is InChI=1S/C13H18N4O/c1-4-9-12(14)10(5-2)17(16-9)13-11(18-3)7-6-8-15-13/h6-8H,4-5,14H2,1-3H3. The molecule has 0 bridgehead atoms. The van der Waals surface area contributed by atoms with Gasteiger partial charge in [-0.25, -0.2) is 9.67 Å². The Labute approximate surface area is 107 Å². The molecule has 18 heavy (non-hydrogen) atoms. The highest BCUT2D eigenvalue weighted by atomic mass is 16.5. The van der Waals surface area contributed by atoms with Crippen molar-refractivity contribution in [1.29, 1.82) is 0 Å². The SMILES string of the molecule is CCc1nn(-c2ncccc2OC)c(CC)c1N. The van der Waals surface area contributed by atoms with Crippen molar-refractivity contribution >= 4 is 5.69 Å². The van der Waals surface area contributed by atoms with Crippen LogP contribution in [0.3, 0.4) is 0 Å². The van der Waals surface area contributed by atoms with E-state index in [4.69, 9.17) is 10.5 Å². The van der Waals surface area contributed by atoms with E-state index >= 15 is 0 Å². The van der Waals surface area contributed by atoms with E-state index in [9.17, 15) is 0 Å². The smallest absolute Gasteiger partial charge is 0.196 e. The number of nitrogens with two attached hydrogens (primary N) is 1. The average Bonchev–Trinajstić information content (AvgIpc) is 2.74. The van der Waals surface area contributed by atoms with E-state index < -0.39 is 0 Å². The molecule has 0 saturated carbocycles. The van der Waals surface area contributed by atoms with Crippen LogP contribution in [0.15, 0.2) is 18.3 Å². The molecule has 0 aliphatic carbocycles. The van der Waals surface area contributed by atoms with Crippen LogP contribution < -0.4 is 10.5 Å². The highest BCUT2D eigenvalue weighted by Crippen LogP contribution is 2.26. The van der Waals surface area contributed by atoms with Crippen molar-refractivity contribution in [3.63, 3.8) is 0 Å². The van der Waals surface area contributed by atoms with Crippen LogP contribution >= 0.6 is 0 Å². The molecule has 0 atom stereocenters. The minimum atomic E-state index is 0.684. The van der Waals surface area contributed by atoms with Gasteiger partial charge in [-0.05, 0) is 25.0 Å². The Kier molecular flexibility index (Phi) is 3.50. The fourth-order valence-corrected chi connectivity index (χ4v) is 1.99. The molecule has 96 valence electrons. The number of nitrogens with zero attached hydrogens (tertiary/aromatic N) is 3. The maximum Gasteiger partial charge on any atom is 0.196 e. The molecule has 2 aromatic rings. The second kappa shape index (κ2) is 5.08. The fourth-order valence-electron chi connectivity index (χ4n) is 1.99. The van der Waals surface area contributed by atoms with Crippen LogP contribution in [0.5, 0.6) is 5.75 Å². The first-order chi connectivity index (χ1) is 8.72. The largest absolute Gasteiger partial charge is 0.493 e. The van der Waals surface area contributed by atoms with Crippen LogP contribution in [0.25, 0.3) is 5.82 Å². The molecule has 0 spiro atoms. The third-order valence-corrected chi connectivity index (χ3v) is 2.94. The third-order valence-electron chi connectivity index (χ3n) is 2.94. The molecule has 0 fully saturated rings. The molecule has 0 amide bonds. The van der Waals surface area contributed by atoms with Gasteiger partial charge in [0.25, 0.3) is 0 Å². The van der Waals surface area contributed by atoms with Gasteiger partial charge in [-0.15, -0.1) is 0 Å². The van der Waals surface area contributed by atoms with Crippen LogP contribution in [-0.2, 0) is 12.8 Å². The molecule has 0 aliphatic rings. The summed E-state index contributed by atoms with van der Waals surface area (Å²) in [4.78, 5) is 4.34. The van der Waals surface area contributed by atoms with Crippen LogP contribution in [-0.4, -0.2) is 21.9 Å². The Balaban J connectivity index is 2.63. The van der Waals surface area contributed by atoms with Crippen molar-refractivity contribution in [1.82, 2.24) is 14.8 Å². The summed E-state index contributed by atoms with van der Waals surface area (Å²) < 4.78 is 7.10. The fraction of sp³-hybridized carbons (Fsp3) is 0.385. The summed E-state index contributed by atoms with van der Waals surface area (Å²) in [6.07, 6.45) is 3.33. The minimum Gasteiger partial charge on any atom is -0.493 e. The zero-order valence-corrected chi connectivity index (χ0v) is 11.0.